The van der Waals surface area contributed by atoms with Crippen molar-refractivity contribution in [1.29, 1.82) is 0 Å². The number of benzene rings is 1. The summed E-state index contributed by atoms with van der Waals surface area (Å²) < 4.78 is 0. The summed E-state index contributed by atoms with van der Waals surface area (Å²) in [7, 11) is 1.69. The summed E-state index contributed by atoms with van der Waals surface area (Å²) in [5.41, 5.74) is 0.948. The second-order valence-corrected chi connectivity index (χ2v) is 7.93. The maximum atomic E-state index is 12.7. The Balaban J connectivity index is 1.45. The van der Waals surface area contributed by atoms with E-state index in [0.717, 1.165) is 12.0 Å². The largest absolute Gasteiger partial charge is 0.337 e. The highest BCUT2D eigenvalue weighted by Crippen LogP contribution is 2.52. The molecule has 1 aliphatic heterocycles. The lowest BCUT2D eigenvalue weighted by Gasteiger charge is -2.27. The van der Waals surface area contributed by atoms with Gasteiger partial charge in [0.2, 0.25) is 17.7 Å². The molecule has 1 saturated carbocycles. The number of nitrogens with zero attached hydrogens (tertiary/aromatic N) is 2. The number of allylic oxidation sites excluding steroid dienone is 2. The number of rotatable bonds is 4. The summed E-state index contributed by atoms with van der Waals surface area (Å²) in [4.78, 5) is 40.9. The van der Waals surface area contributed by atoms with Crippen LogP contribution >= 0.6 is 11.6 Å². The molecule has 0 unspecified atom stereocenters. The number of carbonyl (C=O) groups excluding carboxylic acids is 3. The predicted molar refractivity (Wildman–Crippen MR) is 97.1 cm³/mol. The van der Waals surface area contributed by atoms with Crippen LogP contribution in [0, 0.1) is 23.7 Å². The fourth-order valence-electron chi connectivity index (χ4n) is 4.55. The summed E-state index contributed by atoms with van der Waals surface area (Å²) in [5.74, 6) is -0.807. The van der Waals surface area contributed by atoms with Crippen LogP contribution in [0.5, 0.6) is 0 Å². The first-order chi connectivity index (χ1) is 12.4. The molecule has 1 aromatic carbocycles. The van der Waals surface area contributed by atoms with Gasteiger partial charge in [0.15, 0.2) is 0 Å². The first-order valence-electron chi connectivity index (χ1n) is 8.93. The Hall–Kier alpha value is -2.14. The Morgan fingerprint density at radius 3 is 2.23 bits per heavy atom. The van der Waals surface area contributed by atoms with E-state index in [1.54, 1.807) is 24.1 Å². The number of likely N-dealkylation sites (N-methyl/N-ethyl adjacent to an activating group) is 1. The van der Waals surface area contributed by atoms with Crippen molar-refractivity contribution in [2.24, 2.45) is 23.7 Å². The second-order valence-electron chi connectivity index (χ2n) is 7.49. The van der Waals surface area contributed by atoms with Crippen molar-refractivity contribution >= 4 is 29.3 Å². The average Bonchev–Trinajstić information content (AvgIpc) is 3.31. The van der Waals surface area contributed by atoms with Gasteiger partial charge in [0.25, 0.3) is 0 Å². The van der Waals surface area contributed by atoms with Crippen LogP contribution in [0.15, 0.2) is 36.4 Å². The molecular weight excluding hydrogens is 352 g/mol. The van der Waals surface area contributed by atoms with Gasteiger partial charge in [-0.15, -0.1) is 0 Å². The number of imide groups is 1. The third kappa shape index (κ3) is 2.57. The summed E-state index contributed by atoms with van der Waals surface area (Å²) in [6.45, 7) is 1.73. The number of fused-ring (bicyclic) bond motifs is 5. The third-order valence-electron chi connectivity index (χ3n) is 6.18. The van der Waals surface area contributed by atoms with E-state index in [2.05, 4.69) is 12.2 Å². The molecule has 2 bridgehead atoms. The van der Waals surface area contributed by atoms with Crippen LogP contribution in [0.4, 0.5) is 0 Å². The van der Waals surface area contributed by atoms with Gasteiger partial charge in [-0.2, -0.15) is 0 Å². The Labute approximate surface area is 157 Å². The molecule has 1 aromatic rings. The molecule has 0 N–H and O–H groups in total. The third-order valence-corrected chi connectivity index (χ3v) is 6.43. The summed E-state index contributed by atoms with van der Waals surface area (Å²) in [6.07, 6.45) is 5.00. The van der Waals surface area contributed by atoms with Crippen LogP contribution in [-0.2, 0) is 14.4 Å². The minimum Gasteiger partial charge on any atom is -0.337 e. The Morgan fingerprint density at radius 1 is 1.15 bits per heavy atom. The minimum atomic E-state index is -0.260. The Kier molecular flexibility index (Phi) is 4.14. The van der Waals surface area contributed by atoms with Gasteiger partial charge < -0.3 is 4.90 Å². The van der Waals surface area contributed by atoms with E-state index in [-0.39, 0.29) is 54.0 Å². The van der Waals surface area contributed by atoms with Crippen LogP contribution in [0.1, 0.15) is 24.9 Å². The average molecular weight is 373 g/mol. The van der Waals surface area contributed by atoms with Gasteiger partial charge in [-0.25, -0.2) is 0 Å². The van der Waals surface area contributed by atoms with Crippen molar-refractivity contribution in [3.8, 4) is 0 Å². The summed E-state index contributed by atoms with van der Waals surface area (Å²) >= 11 is 5.91. The van der Waals surface area contributed by atoms with Gasteiger partial charge >= 0.3 is 0 Å². The van der Waals surface area contributed by atoms with E-state index in [0.29, 0.717) is 5.02 Å². The SMILES string of the molecule is C[C@@H](c1ccc(Cl)cc1)N(C)C(=O)CN1C(=O)[C@@H]2[C@H](C1=O)[C@H]1C=C[C@H]2C1. The van der Waals surface area contributed by atoms with E-state index in [4.69, 9.17) is 11.6 Å². The van der Waals surface area contributed by atoms with Crippen molar-refractivity contribution in [2.45, 2.75) is 19.4 Å². The maximum Gasteiger partial charge on any atom is 0.242 e. The zero-order chi connectivity index (χ0) is 18.6. The molecule has 2 fully saturated rings. The molecule has 1 heterocycles. The summed E-state index contributed by atoms with van der Waals surface area (Å²) in [5, 5.41) is 0.637. The van der Waals surface area contributed by atoms with E-state index < -0.39 is 0 Å². The molecule has 3 amide bonds. The van der Waals surface area contributed by atoms with Crippen LogP contribution in [0.3, 0.4) is 0 Å². The van der Waals surface area contributed by atoms with Gasteiger partial charge in [0, 0.05) is 12.1 Å². The topological polar surface area (TPSA) is 57.7 Å². The highest BCUT2D eigenvalue weighted by molar-refractivity contribution is 6.30. The molecule has 2 aliphatic carbocycles. The van der Waals surface area contributed by atoms with Gasteiger partial charge in [0.1, 0.15) is 6.54 Å². The lowest BCUT2D eigenvalue weighted by molar-refractivity contribution is -0.147. The smallest absolute Gasteiger partial charge is 0.242 e. The standard InChI is InChI=1S/C20H21ClN2O3/c1-11(12-5-7-15(21)8-6-12)22(2)16(24)10-23-19(25)17-13-3-4-14(9-13)18(17)20(23)26/h3-8,11,13-14,17-18H,9-10H2,1-2H3/t11-,13-,14-,17-,18+/m0/s1. The fourth-order valence-corrected chi connectivity index (χ4v) is 4.67. The van der Waals surface area contributed by atoms with Crippen molar-refractivity contribution in [2.75, 3.05) is 13.6 Å². The normalized spacial score (nSPS) is 30.0. The maximum absolute atomic E-state index is 12.7. The molecule has 136 valence electrons. The first kappa shape index (κ1) is 17.3. The first-order valence-corrected chi connectivity index (χ1v) is 9.31. The molecule has 0 radical (unpaired) electrons. The van der Waals surface area contributed by atoms with Crippen LogP contribution in [0.2, 0.25) is 5.02 Å². The minimum absolute atomic E-state index is 0.160. The van der Waals surface area contributed by atoms with Crippen molar-refractivity contribution in [1.82, 2.24) is 9.80 Å². The molecule has 1 saturated heterocycles. The number of carbonyl (C=O) groups is 3. The molecule has 5 nitrogen and oxygen atoms in total. The number of hydrogen-bond donors (Lipinski definition) is 0. The molecule has 3 aliphatic rings. The number of amides is 3. The van der Waals surface area contributed by atoms with Crippen LogP contribution in [-0.4, -0.2) is 41.1 Å². The van der Waals surface area contributed by atoms with Crippen molar-refractivity contribution in [3.63, 3.8) is 0 Å². The van der Waals surface area contributed by atoms with E-state index in [1.807, 2.05) is 19.1 Å². The number of likely N-dealkylation sites (tertiary alicyclic amines) is 1. The van der Waals surface area contributed by atoms with E-state index in [9.17, 15) is 14.4 Å². The monoisotopic (exact) mass is 372 g/mol. The van der Waals surface area contributed by atoms with Gasteiger partial charge in [-0.05, 0) is 42.9 Å². The van der Waals surface area contributed by atoms with Crippen LogP contribution < -0.4 is 0 Å². The second kappa shape index (κ2) is 6.23. The quantitative estimate of drug-likeness (QED) is 0.603. The highest BCUT2D eigenvalue weighted by atomic mass is 35.5. The van der Waals surface area contributed by atoms with Gasteiger partial charge in [-0.1, -0.05) is 35.9 Å². The number of hydrogen-bond acceptors (Lipinski definition) is 3. The highest BCUT2D eigenvalue weighted by Gasteiger charge is 2.59. The molecule has 0 spiro atoms. The molecular formula is C20H21ClN2O3. The predicted octanol–water partition coefficient (Wildman–Crippen LogP) is 2.67. The van der Waals surface area contributed by atoms with E-state index in [1.165, 1.54) is 4.90 Å². The zero-order valence-electron chi connectivity index (χ0n) is 14.8. The number of halogens is 1. The van der Waals surface area contributed by atoms with Gasteiger partial charge in [-0.3, -0.25) is 19.3 Å². The van der Waals surface area contributed by atoms with Crippen molar-refractivity contribution < 1.29 is 14.4 Å². The lowest BCUT2D eigenvalue weighted by Crippen LogP contribution is -2.43. The zero-order valence-corrected chi connectivity index (χ0v) is 15.5. The Bertz CT molecular complexity index is 774. The van der Waals surface area contributed by atoms with Gasteiger partial charge in [0.05, 0.1) is 17.9 Å². The molecule has 6 heteroatoms. The molecule has 5 atom stereocenters. The molecule has 0 aromatic heterocycles. The molecule has 26 heavy (non-hydrogen) atoms. The molecule has 4 rings (SSSR count). The fraction of sp³-hybridized carbons (Fsp3) is 0.450. The van der Waals surface area contributed by atoms with Crippen LogP contribution in [0.25, 0.3) is 0 Å². The van der Waals surface area contributed by atoms with E-state index >= 15 is 0 Å². The summed E-state index contributed by atoms with van der Waals surface area (Å²) in [6, 6.07) is 7.13. The lowest BCUT2D eigenvalue weighted by atomic mass is 9.85. The Morgan fingerprint density at radius 2 is 1.69 bits per heavy atom. The van der Waals surface area contributed by atoms with Crippen molar-refractivity contribution in [3.05, 3.63) is 47.0 Å².